The fourth-order valence-electron chi connectivity index (χ4n) is 1.25. The van der Waals surface area contributed by atoms with Crippen molar-refractivity contribution in [3.63, 3.8) is 0 Å². The largest absolute Gasteiger partial charge is 0.393 e. The van der Waals surface area contributed by atoms with Crippen molar-refractivity contribution in [2.45, 2.75) is 32.8 Å². The summed E-state index contributed by atoms with van der Waals surface area (Å²) in [4.78, 5) is 0. The van der Waals surface area contributed by atoms with Gasteiger partial charge in [-0.05, 0) is 33.5 Å². The lowest BCUT2D eigenvalue weighted by atomic mass is 9.90. The summed E-state index contributed by atoms with van der Waals surface area (Å²) in [5.41, 5.74) is 0. The highest BCUT2D eigenvalue weighted by Gasteiger charge is 2.19. The second-order valence-electron chi connectivity index (χ2n) is 3.40. The van der Waals surface area contributed by atoms with Gasteiger partial charge in [0.25, 0.3) is 0 Å². The fourth-order valence-corrected chi connectivity index (χ4v) is 3.21. The first-order valence-electron chi connectivity index (χ1n) is 4.43. The number of hydrogen-bond acceptors (Lipinski definition) is 1. The highest BCUT2D eigenvalue weighted by molar-refractivity contribution is 14.1. The summed E-state index contributed by atoms with van der Waals surface area (Å²) in [6.07, 6.45) is 2.16. The molecule has 0 aliphatic rings. The summed E-state index contributed by atoms with van der Waals surface area (Å²) >= 11 is 4.74. The summed E-state index contributed by atoms with van der Waals surface area (Å²) in [5.74, 6) is 0.916. The number of rotatable bonds is 6. The second kappa shape index (κ2) is 7.79. The summed E-state index contributed by atoms with van der Waals surface area (Å²) < 4.78 is 2.29. The van der Waals surface area contributed by atoms with Crippen LogP contribution in [0.4, 0.5) is 0 Å². The highest BCUT2D eigenvalue weighted by atomic mass is 127. The van der Waals surface area contributed by atoms with Crippen LogP contribution in [0.25, 0.3) is 0 Å². The number of halogens is 2. The average Bonchev–Trinajstić information content (AvgIpc) is 2.04. The zero-order chi connectivity index (χ0) is 9.56. The molecule has 0 aromatic rings. The quantitative estimate of drug-likeness (QED) is 0.540. The predicted octanol–water partition coefficient (Wildman–Crippen LogP) is 3.27. The lowest BCUT2D eigenvalue weighted by Gasteiger charge is -2.23. The van der Waals surface area contributed by atoms with E-state index in [1.54, 1.807) is 0 Å². The van der Waals surface area contributed by atoms with Gasteiger partial charge in [-0.2, -0.15) is 0 Å². The molecular formula is C9H18I2O. The van der Waals surface area contributed by atoms with Crippen molar-refractivity contribution < 1.29 is 5.11 Å². The third kappa shape index (κ3) is 5.21. The SMILES string of the molecule is CC(CCI)C(O)C(C)CCI. The standard InChI is InChI=1S/C9H18I2O/c1-7(3-5-10)9(12)8(2)4-6-11/h7-9,12H,3-6H2,1-2H3. The van der Waals surface area contributed by atoms with E-state index in [4.69, 9.17) is 0 Å². The maximum Gasteiger partial charge on any atom is 0.0591 e. The molecule has 0 fully saturated rings. The van der Waals surface area contributed by atoms with Gasteiger partial charge in [0, 0.05) is 0 Å². The molecule has 1 nitrogen and oxygen atoms in total. The Hall–Kier alpha value is 1.42. The summed E-state index contributed by atoms with van der Waals surface area (Å²) in [6.45, 7) is 4.29. The molecule has 0 saturated carbocycles. The van der Waals surface area contributed by atoms with Crippen LogP contribution in [-0.4, -0.2) is 20.1 Å². The monoisotopic (exact) mass is 396 g/mol. The third-order valence-electron chi connectivity index (χ3n) is 2.29. The summed E-state index contributed by atoms with van der Waals surface area (Å²) in [5, 5.41) is 9.84. The van der Waals surface area contributed by atoms with E-state index in [1.807, 2.05) is 0 Å². The molecule has 0 aromatic heterocycles. The smallest absolute Gasteiger partial charge is 0.0591 e. The van der Waals surface area contributed by atoms with Gasteiger partial charge in [0.1, 0.15) is 0 Å². The Morgan fingerprint density at radius 2 is 1.33 bits per heavy atom. The lowest BCUT2D eigenvalue weighted by Crippen LogP contribution is -2.26. The molecule has 0 spiro atoms. The molecule has 3 heteroatoms. The average molecular weight is 396 g/mol. The van der Waals surface area contributed by atoms with E-state index >= 15 is 0 Å². The van der Waals surface area contributed by atoms with Gasteiger partial charge in [-0.1, -0.05) is 59.0 Å². The van der Waals surface area contributed by atoms with Crippen LogP contribution in [-0.2, 0) is 0 Å². The Morgan fingerprint density at radius 3 is 1.58 bits per heavy atom. The number of aliphatic hydroxyl groups is 1. The first-order valence-corrected chi connectivity index (χ1v) is 7.48. The van der Waals surface area contributed by atoms with Crippen LogP contribution in [0.15, 0.2) is 0 Å². The van der Waals surface area contributed by atoms with Crippen LogP contribution in [0, 0.1) is 11.8 Å². The molecule has 2 unspecified atom stereocenters. The number of aliphatic hydroxyl groups excluding tert-OH is 1. The van der Waals surface area contributed by atoms with E-state index in [0.717, 1.165) is 21.7 Å². The lowest BCUT2D eigenvalue weighted by molar-refractivity contribution is 0.0631. The van der Waals surface area contributed by atoms with E-state index in [1.165, 1.54) is 0 Å². The van der Waals surface area contributed by atoms with E-state index in [-0.39, 0.29) is 6.10 Å². The molecule has 1 N–H and O–H groups in total. The van der Waals surface area contributed by atoms with Gasteiger partial charge in [0.05, 0.1) is 6.10 Å². The Bertz CT molecular complexity index is 96.7. The Labute approximate surface area is 103 Å². The van der Waals surface area contributed by atoms with Crippen molar-refractivity contribution >= 4 is 45.2 Å². The molecule has 0 aliphatic carbocycles. The molecule has 0 aliphatic heterocycles. The van der Waals surface area contributed by atoms with Crippen molar-refractivity contribution in [3.8, 4) is 0 Å². The van der Waals surface area contributed by atoms with E-state index in [2.05, 4.69) is 59.0 Å². The molecule has 2 atom stereocenters. The van der Waals surface area contributed by atoms with Gasteiger partial charge in [0.2, 0.25) is 0 Å². The van der Waals surface area contributed by atoms with E-state index < -0.39 is 0 Å². The zero-order valence-electron chi connectivity index (χ0n) is 7.76. The van der Waals surface area contributed by atoms with Crippen LogP contribution in [0.2, 0.25) is 0 Å². The minimum absolute atomic E-state index is 0.102. The summed E-state index contributed by atoms with van der Waals surface area (Å²) in [7, 11) is 0. The zero-order valence-corrected chi connectivity index (χ0v) is 12.1. The first kappa shape index (κ1) is 13.4. The van der Waals surface area contributed by atoms with E-state index in [0.29, 0.717) is 11.8 Å². The number of hydrogen-bond donors (Lipinski definition) is 1. The van der Waals surface area contributed by atoms with Gasteiger partial charge in [-0.25, -0.2) is 0 Å². The molecule has 0 aromatic carbocycles. The van der Waals surface area contributed by atoms with Crippen molar-refractivity contribution in [1.82, 2.24) is 0 Å². The van der Waals surface area contributed by atoms with E-state index in [9.17, 15) is 5.11 Å². The first-order chi connectivity index (χ1) is 5.63. The van der Waals surface area contributed by atoms with Crippen LogP contribution in [0.1, 0.15) is 26.7 Å². The molecule has 0 rings (SSSR count). The molecule has 0 saturated heterocycles. The Balaban J connectivity index is 3.73. The molecular weight excluding hydrogens is 378 g/mol. The Kier molecular flexibility index (Phi) is 8.71. The maximum atomic E-state index is 9.84. The van der Waals surface area contributed by atoms with Gasteiger partial charge in [-0.15, -0.1) is 0 Å². The second-order valence-corrected chi connectivity index (χ2v) is 5.56. The van der Waals surface area contributed by atoms with Crippen molar-refractivity contribution in [2.24, 2.45) is 11.8 Å². The van der Waals surface area contributed by atoms with Crippen LogP contribution in [0.5, 0.6) is 0 Å². The van der Waals surface area contributed by atoms with Crippen molar-refractivity contribution in [3.05, 3.63) is 0 Å². The van der Waals surface area contributed by atoms with Crippen LogP contribution < -0.4 is 0 Å². The minimum atomic E-state index is -0.102. The van der Waals surface area contributed by atoms with Crippen LogP contribution in [0.3, 0.4) is 0 Å². The molecule has 74 valence electrons. The normalized spacial score (nSPS) is 18.8. The molecule has 0 bridgehead atoms. The Morgan fingerprint density at radius 1 is 1.00 bits per heavy atom. The summed E-state index contributed by atoms with van der Waals surface area (Å²) in [6, 6.07) is 0. The topological polar surface area (TPSA) is 20.2 Å². The van der Waals surface area contributed by atoms with Gasteiger partial charge in [0.15, 0.2) is 0 Å². The molecule has 0 amide bonds. The molecule has 12 heavy (non-hydrogen) atoms. The van der Waals surface area contributed by atoms with Crippen LogP contribution >= 0.6 is 45.2 Å². The minimum Gasteiger partial charge on any atom is -0.393 e. The third-order valence-corrected chi connectivity index (χ3v) is 3.54. The molecule has 0 radical (unpaired) electrons. The maximum absolute atomic E-state index is 9.84. The van der Waals surface area contributed by atoms with Crippen molar-refractivity contribution in [2.75, 3.05) is 8.86 Å². The van der Waals surface area contributed by atoms with Gasteiger partial charge < -0.3 is 5.11 Å². The predicted molar refractivity (Wildman–Crippen MR) is 71.3 cm³/mol. The van der Waals surface area contributed by atoms with Crippen molar-refractivity contribution in [1.29, 1.82) is 0 Å². The number of alkyl halides is 2. The van der Waals surface area contributed by atoms with Gasteiger partial charge in [-0.3, -0.25) is 0 Å². The van der Waals surface area contributed by atoms with Gasteiger partial charge >= 0.3 is 0 Å². The molecule has 0 heterocycles. The highest BCUT2D eigenvalue weighted by Crippen LogP contribution is 2.20. The fraction of sp³-hybridized carbons (Fsp3) is 1.00.